The summed E-state index contributed by atoms with van der Waals surface area (Å²) in [4.78, 5) is 0. The Bertz CT molecular complexity index is 753. The summed E-state index contributed by atoms with van der Waals surface area (Å²) < 4.78 is 33.2. The molecule has 2 radical (unpaired) electrons. The Labute approximate surface area is 303 Å². The average Bonchev–Trinajstić information content (AvgIpc) is 2.86. The summed E-state index contributed by atoms with van der Waals surface area (Å²) in [5, 5.41) is 80.7. The van der Waals surface area contributed by atoms with E-state index < -0.39 is 117 Å². The molecule has 3 rings (SSSR count). The number of aliphatic hydroxyl groups is 8. The molecule has 16 nitrogen and oxygen atoms in total. The fourth-order valence-corrected chi connectivity index (χ4v) is 4.42. The van der Waals surface area contributed by atoms with Gasteiger partial charge in [-0.2, -0.15) is 0 Å². The van der Waals surface area contributed by atoms with Crippen LogP contribution in [0.5, 0.6) is 0 Å². The summed E-state index contributed by atoms with van der Waals surface area (Å²) in [6, 6.07) is -2.83. The fraction of sp³-hybridized carbons (Fsp3) is 1.00. The topological polar surface area (TPSA) is 265 Å². The van der Waals surface area contributed by atoms with Gasteiger partial charge in [0.1, 0.15) is 61.4 Å². The van der Waals surface area contributed by atoms with E-state index in [4.69, 9.17) is 39.9 Å². The van der Waals surface area contributed by atoms with Crippen LogP contribution < -0.4 is 0 Å². The van der Waals surface area contributed by atoms with E-state index in [1.54, 1.807) is 20.8 Å². The van der Waals surface area contributed by atoms with Gasteiger partial charge in [-0.15, -0.1) is 0 Å². The molecule has 0 aromatic heterocycles. The predicted octanol–water partition coefficient (Wildman–Crippen LogP) is -3.63. The van der Waals surface area contributed by atoms with Gasteiger partial charge >= 0.3 is 0 Å². The molecule has 10 N–H and O–H groups in total. The third kappa shape index (κ3) is 9.63. The van der Waals surface area contributed by atoms with Crippen LogP contribution in [-0.2, 0) is 28.4 Å². The molecular formula is C22H40Ac2N2O14-2. The van der Waals surface area contributed by atoms with Gasteiger partial charge in [0, 0.05) is 88.1 Å². The molecule has 0 aromatic rings. The Morgan fingerprint density at radius 1 is 0.625 bits per heavy atom. The van der Waals surface area contributed by atoms with Crippen LogP contribution >= 0.6 is 0 Å². The summed E-state index contributed by atoms with van der Waals surface area (Å²) in [6.07, 6.45) is -19.4. The van der Waals surface area contributed by atoms with Gasteiger partial charge in [-0.3, -0.25) is 0 Å². The SMILES string of the molecule is CC(C)(C)O[C@@H]1OC(CO[C@@H]2OC(CO)C(O[C@@H]3OC(CO)C(O)[C@H](O)C3O)[C@H](O)C2[NH-])C(O)[C@H](O)C1[NH-].[Ac].[Ac]. The molecule has 3 saturated heterocycles. The summed E-state index contributed by atoms with van der Waals surface area (Å²) >= 11 is 0. The Morgan fingerprint density at radius 2 is 1.12 bits per heavy atom. The predicted molar refractivity (Wildman–Crippen MR) is 124 cm³/mol. The minimum absolute atomic E-state index is 0. The van der Waals surface area contributed by atoms with Crippen molar-refractivity contribution in [1.82, 2.24) is 0 Å². The van der Waals surface area contributed by atoms with E-state index in [1.165, 1.54) is 0 Å². The molecule has 3 fully saturated rings. The second-order valence-electron chi connectivity index (χ2n) is 10.7. The third-order valence-electron chi connectivity index (χ3n) is 6.59. The minimum Gasteiger partial charge on any atom is -0.668 e. The number of rotatable bonds is 8. The molecule has 40 heavy (non-hydrogen) atoms. The van der Waals surface area contributed by atoms with E-state index in [0.717, 1.165) is 0 Å². The molecule has 0 saturated carbocycles. The summed E-state index contributed by atoms with van der Waals surface area (Å²) in [5.41, 5.74) is 15.7. The van der Waals surface area contributed by atoms with E-state index in [1.807, 2.05) is 0 Å². The van der Waals surface area contributed by atoms with Gasteiger partial charge in [0.25, 0.3) is 0 Å². The second kappa shape index (κ2) is 17.2. The van der Waals surface area contributed by atoms with Crippen molar-refractivity contribution >= 4 is 0 Å². The van der Waals surface area contributed by atoms with E-state index in [-0.39, 0.29) is 88.1 Å². The third-order valence-corrected chi connectivity index (χ3v) is 6.59. The molecule has 0 aliphatic carbocycles. The van der Waals surface area contributed by atoms with Crippen LogP contribution in [0.3, 0.4) is 0 Å². The zero-order valence-electron chi connectivity index (χ0n) is 22.5. The van der Waals surface area contributed by atoms with Crippen molar-refractivity contribution < 1.29 is 157 Å². The van der Waals surface area contributed by atoms with Gasteiger partial charge in [0.15, 0.2) is 6.29 Å². The van der Waals surface area contributed by atoms with Gasteiger partial charge < -0.3 is 80.7 Å². The first-order chi connectivity index (χ1) is 17.7. The Morgan fingerprint density at radius 3 is 1.68 bits per heavy atom. The van der Waals surface area contributed by atoms with Crippen LogP contribution in [0.1, 0.15) is 20.8 Å². The molecule has 15 atom stereocenters. The molecule has 0 spiro atoms. The number of hydrogen-bond donors (Lipinski definition) is 8. The van der Waals surface area contributed by atoms with Crippen LogP contribution in [0, 0.1) is 88.1 Å². The molecular weight excluding hydrogens is 970 g/mol. The molecule has 230 valence electrons. The maximum atomic E-state index is 10.8. The van der Waals surface area contributed by atoms with Crippen LogP contribution in [0.2, 0.25) is 0 Å². The second-order valence-corrected chi connectivity index (χ2v) is 10.7. The van der Waals surface area contributed by atoms with Crippen molar-refractivity contribution in [3.05, 3.63) is 11.5 Å². The first kappa shape index (κ1) is 40.3. The molecule has 9 unspecified atom stereocenters. The number of hydrogen-bond acceptors (Lipinski definition) is 14. The van der Waals surface area contributed by atoms with Gasteiger partial charge in [-0.25, -0.2) is 0 Å². The quantitative estimate of drug-likeness (QED) is 0.117. The number of aliphatic hydroxyl groups excluding tert-OH is 8. The van der Waals surface area contributed by atoms with Crippen molar-refractivity contribution in [2.24, 2.45) is 0 Å². The van der Waals surface area contributed by atoms with Crippen molar-refractivity contribution in [3.8, 4) is 0 Å². The van der Waals surface area contributed by atoms with Crippen molar-refractivity contribution in [3.63, 3.8) is 0 Å². The van der Waals surface area contributed by atoms with Gasteiger partial charge in [0.05, 0.1) is 37.6 Å². The standard InChI is InChI=1S/C22H40N2O14.2Ac/c1-22(2,3)38-20-10(23)14(29)13(28)9(36-20)6-33-19-11(24)15(30)18(8(5-26)35-19)37-21-17(32)16(31)12(27)7(4-25)34-21;;/h7-21,23-32H,4-6H2,1-3H3;;/q-2;;/t7?,8?,9?,10?,11?,12?,13?,14-,15-,16+,17?,18?,19-,20+,21+;;/m1../s1. The minimum atomic E-state index is -1.78. The molecule has 3 aliphatic rings. The zero-order chi connectivity index (χ0) is 28.5. The van der Waals surface area contributed by atoms with Crippen molar-refractivity contribution in [1.29, 1.82) is 0 Å². The Kier molecular flexibility index (Phi) is 17.4. The summed E-state index contributed by atoms with van der Waals surface area (Å²) in [5.74, 6) is 0. The summed E-state index contributed by atoms with van der Waals surface area (Å²) in [7, 11) is 0. The van der Waals surface area contributed by atoms with Crippen molar-refractivity contribution in [2.75, 3.05) is 19.8 Å². The molecule has 3 heterocycles. The maximum absolute atomic E-state index is 10.8. The van der Waals surface area contributed by atoms with E-state index in [0.29, 0.717) is 0 Å². The Hall–Kier alpha value is 2.24. The van der Waals surface area contributed by atoms with Crippen LogP contribution in [0.25, 0.3) is 11.5 Å². The maximum Gasteiger partial charge on any atom is 0.187 e. The van der Waals surface area contributed by atoms with Crippen molar-refractivity contribution in [2.45, 2.75) is 118 Å². The monoisotopic (exact) mass is 1010 g/mol. The van der Waals surface area contributed by atoms with E-state index >= 15 is 0 Å². The van der Waals surface area contributed by atoms with Crippen LogP contribution in [-0.4, -0.2) is 158 Å². The van der Waals surface area contributed by atoms with Gasteiger partial charge in [-0.1, -0.05) is 12.1 Å². The fourth-order valence-electron chi connectivity index (χ4n) is 4.42. The largest absolute Gasteiger partial charge is 0.668 e. The average molecular weight is 1010 g/mol. The van der Waals surface area contributed by atoms with E-state index in [2.05, 4.69) is 0 Å². The normalized spacial score (nSPS) is 46.3. The number of ether oxygens (including phenoxy) is 6. The first-order valence-electron chi connectivity index (χ1n) is 12.3. The molecule has 3 aliphatic heterocycles. The van der Waals surface area contributed by atoms with Gasteiger partial charge in [-0.05, 0) is 20.8 Å². The number of nitrogens with one attached hydrogen (secondary N) is 2. The van der Waals surface area contributed by atoms with E-state index in [9.17, 15) is 40.9 Å². The first-order valence-corrected chi connectivity index (χ1v) is 12.3. The molecule has 0 aromatic carbocycles. The molecule has 18 heteroatoms. The molecule has 0 amide bonds. The smallest absolute Gasteiger partial charge is 0.187 e. The van der Waals surface area contributed by atoms with Crippen LogP contribution in [0.4, 0.5) is 0 Å². The summed E-state index contributed by atoms with van der Waals surface area (Å²) in [6.45, 7) is 3.32. The van der Waals surface area contributed by atoms with Crippen LogP contribution in [0.15, 0.2) is 0 Å². The molecule has 0 bridgehead atoms. The van der Waals surface area contributed by atoms with Gasteiger partial charge in [0.2, 0.25) is 0 Å². The zero-order valence-corrected chi connectivity index (χ0v) is 32.0. The Balaban J connectivity index is 0.00000400.